The second-order valence-electron chi connectivity index (χ2n) is 6.37. The normalized spacial score (nSPS) is 16.8. The third-order valence-corrected chi connectivity index (χ3v) is 4.16. The number of hydrogen-bond donors (Lipinski definition) is 2. The van der Waals surface area contributed by atoms with Crippen molar-refractivity contribution in [2.75, 3.05) is 13.1 Å². The van der Waals surface area contributed by atoms with Gasteiger partial charge in [-0.05, 0) is 45.1 Å². The topological polar surface area (TPSA) is 87.7 Å². The highest BCUT2D eigenvalue weighted by Gasteiger charge is 2.34. The Morgan fingerprint density at radius 3 is 2.81 bits per heavy atom. The first-order chi connectivity index (χ1) is 12.3. The number of esters is 1. The molecular formula is C18H23N3O4S. The van der Waals surface area contributed by atoms with Gasteiger partial charge in [0.25, 0.3) is 5.91 Å². The Morgan fingerprint density at radius 2 is 2.15 bits per heavy atom. The Balaban J connectivity index is 2.07. The highest BCUT2D eigenvalue weighted by Crippen LogP contribution is 2.12. The predicted molar refractivity (Wildman–Crippen MR) is 101 cm³/mol. The van der Waals surface area contributed by atoms with Crippen LogP contribution in [-0.4, -0.2) is 53.0 Å². The number of thiocarbonyl (C=S) groups is 1. The van der Waals surface area contributed by atoms with Gasteiger partial charge in [-0.1, -0.05) is 17.7 Å². The smallest absolute Gasteiger partial charge is 0.308 e. The molecule has 26 heavy (non-hydrogen) atoms. The number of carbonyl (C=O) groups excluding carboxylic acids is 3. The quantitative estimate of drug-likeness (QED) is 0.605. The van der Waals surface area contributed by atoms with E-state index in [1.807, 2.05) is 13.0 Å². The molecule has 1 saturated heterocycles. The van der Waals surface area contributed by atoms with E-state index >= 15 is 0 Å². The number of carbonyl (C=O) groups is 3. The Hall–Kier alpha value is -2.48. The zero-order chi connectivity index (χ0) is 19.3. The lowest BCUT2D eigenvalue weighted by molar-refractivity contribution is -0.150. The van der Waals surface area contributed by atoms with Crippen molar-refractivity contribution >= 4 is 35.1 Å². The van der Waals surface area contributed by atoms with Crippen LogP contribution in [-0.2, 0) is 14.3 Å². The molecule has 1 aliphatic heterocycles. The van der Waals surface area contributed by atoms with Gasteiger partial charge in [0.15, 0.2) is 5.11 Å². The van der Waals surface area contributed by atoms with E-state index in [1.54, 1.807) is 36.9 Å². The molecule has 7 nitrogen and oxygen atoms in total. The molecule has 1 heterocycles. The molecule has 0 radical (unpaired) electrons. The van der Waals surface area contributed by atoms with Gasteiger partial charge < -0.3 is 15.0 Å². The summed E-state index contributed by atoms with van der Waals surface area (Å²) in [6.45, 7) is 6.15. The lowest BCUT2D eigenvalue weighted by Crippen LogP contribution is -2.60. The van der Waals surface area contributed by atoms with Gasteiger partial charge in [-0.2, -0.15) is 0 Å². The lowest BCUT2D eigenvalue weighted by atomic mass is 10.1. The van der Waals surface area contributed by atoms with Crippen LogP contribution in [0.2, 0.25) is 0 Å². The highest BCUT2D eigenvalue weighted by molar-refractivity contribution is 7.80. The summed E-state index contributed by atoms with van der Waals surface area (Å²) < 4.78 is 5.12. The standard InChI is InChI=1S/C18H23N3O4S/c1-11(2)25-15(22)10-14-17(24)19-7-8-21(14)18(26)20-16(23)13-6-4-5-12(3)9-13/h4-6,9,11,14H,7-8,10H2,1-3H3,(H,19,24)(H,20,23,26)/t14-/m1/s1. The summed E-state index contributed by atoms with van der Waals surface area (Å²) >= 11 is 5.32. The third kappa shape index (κ3) is 5.26. The van der Waals surface area contributed by atoms with Crippen molar-refractivity contribution < 1.29 is 19.1 Å². The molecule has 0 spiro atoms. The molecule has 1 atom stereocenters. The number of nitrogens with zero attached hydrogens (tertiary/aromatic N) is 1. The van der Waals surface area contributed by atoms with Gasteiger partial charge in [-0.15, -0.1) is 0 Å². The minimum absolute atomic E-state index is 0.119. The molecular weight excluding hydrogens is 354 g/mol. The minimum Gasteiger partial charge on any atom is -0.463 e. The molecule has 1 aliphatic rings. The fraction of sp³-hybridized carbons (Fsp3) is 0.444. The first-order valence-electron chi connectivity index (χ1n) is 8.43. The van der Waals surface area contributed by atoms with Crippen LogP contribution in [0.1, 0.15) is 36.2 Å². The Labute approximate surface area is 158 Å². The van der Waals surface area contributed by atoms with Crippen LogP contribution < -0.4 is 10.6 Å². The minimum atomic E-state index is -0.805. The molecule has 2 amide bonds. The maximum absolute atomic E-state index is 12.4. The monoisotopic (exact) mass is 377 g/mol. The zero-order valence-corrected chi connectivity index (χ0v) is 15.9. The molecule has 0 aromatic heterocycles. The molecule has 2 N–H and O–H groups in total. The van der Waals surface area contributed by atoms with E-state index in [9.17, 15) is 14.4 Å². The summed E-state index contributed by atoms with van der Waals surface area (Å²) in [4.78, 5) is 38.1. The molecule has 1 aromatic rings. The van der Waals surface area contributed by atoms with Crippen molar-refractivity contribution in [1.29, 1.82) is 0 Å². The van der Waals surface area contributed by atoms with Crippen LogP contribution in [0, 0.1) is 6.92 Å². The molecule has 8 heteroatoms. The Morgan fingerprint density at radius 1 is 1.42 bits per heavy atom. The zero-order valence-electron chi connectivity index (χ0n) is 15.1. The number of amides is 2. The molecule has 0 saturated carbocycles. The number of piperazine rings is 1. The van der Waals surface area contributed by atoms with Gasteiger partial charge in [-0.25, -0.2) is 0 Å². The van der Waals surface area contributed by atoms with E-state index < -0.39 is 12.0 Å². The molecule has 0 bridgehead atoms. The van der Waals surface area contributed by atoms with Crippen LogP contribution in [0.3, 0.4) is 0 Å². The van der Waals surface area contributed by atoms with Gasteiger partial charge in [0, 0.05) is 18.7 Å². The SMILES string of the molecule is Cc1cccc(C(=O)NC(=S)N2CCNC(=O)[C@H]2CC(=O)OC(C)C)c1. The third-order valence-electron chi connectivity index (χ3n) is 3.82. The van der Waals surface area contributed by atoms with Crippen molar-refractivity contribution in [2.24, 2.45) is 0 Å². The van der Waals surface area contributed by atoms with Crippen molar-refractivity contribution in [2.45, 2.75) is 39.3 Å². The molecule has 2 rings (SSSR count). The van der Waals surface area contributed by atoms with E-state index in [4.69, 9.17) is 17.0 Å². The fourth-order valence-electron chi connectivity index (χ4n) is 2.66. The molecule has 1 fully saturated rings. The van der Waals surface area contributed by atoms with Crippen LogP contribution in [0.15, 0.2) is 24.3 Å². The highest BCUT2D eigenvalue weighted by atomic mass is 32.1. The lowest BCUT2D eigenvalue weighted by Gasteiger charge is -2.36. The molecule has 0 aliphatic carbocycles. The number of ether oxygens (including phenoxy) is 1. The average molecular weight is 377 g/mol. The van der Waals surface area contributed by atoms with E-state index in [1.165, 1.54) is 0 Å². The number of hydrogen-bond acceptors (Lipinski definition) is 5. The summed E-state index contributed by atoms with van der Waals surface area (Å²) in [5.74, 6) is -1.16. The van der Waals surface area contributed by atoms with Crippen molar-refractivity contribution in [3.05, 3.63) is 35.4 Å². The largest absolute Gasteiger partial charge is 0.463 e. The van der Waals surface area contributed by atoms with Gasteiger partial charge in [0.1, 0.15) is 6.04 Å². The first-order valence-corrected chi connectivity index (χ1v) is 8.84. The predicted octanol–water partition coefficient (Wildman–Crippen LogP) is 1.15. The fourth-order valence-corrected chi connectivity index (χ4v) is 2.97. The molecule has 0 unspecified atom stereocenters. The summed E-state index contributed by atoms with van der Waals surface area (Å²) in [7, 11) is 0. The van der Waals surface area contributed by atoms with Gasteiger partial charge in [0.05, 0.1) is 12.5 Å². The van der Waals surface area contributed by atoms with Crippen LogP contribution in [0.25, 0.3) is 0 Å². The summed E-state index contributed by atoms with van der Waals surface area (Å²) in [6, 6.07) is 6.30. The molecule has 140 valence electrons. The van der Waals surface area contributed by atoms with Crippen LogP contribution >= 0.6 is 12.2 Å². The maximum Gasteiger partial charge on any atom is 0.308 e. The number of nitrogens with one attached hydrogen (secondary N) is 2. The van der Waals surface area contributed by atoms with E-state index in [0.29, 0.717) is 18.7 Å². The van der Waals surface area contributed by atoms with Crippen LogP contribution in [0.5, 0.6) is 0 Å². The second kappa shape index (κ2) is 8.75. The van der Waals surface area contributed by atoms with Gasteiger partial charge >= 0.3 is 5.97 Å². The van der Waals surface area contributed by atoms with E-state index in [0.717, 1.165) is 5.56 Å². The van der Waals surface area contributed by atoms with E-state index in [-0.39, 0.29) is 29.5 Å². The average Bonchev–Trinajstić information content (AvgIpc) is 2.55. The summed E-state index contributed by atoms with van der Waals surface area (Å²) in [6.07, 6.45) is -0.402. The van der Waals surface area contributed by atoms with Crippen molar-refractivity contribution in [1.82, 2.24) is 15.5 Å². The maximum atomic E-state index is 12.4. The number of aryl methyl sites for hydroxylation is 1. The second-order valence-corrected chi connectivity index (χ2v) is 6.76. The van der Waals surface area contributed by atoms with E-state index in [2.05, 4.69) is 10.6 Å². The number of benzene rings is 1. The van der Waals surface area contributed by atoms with Gasteiger partial charge in [-0.3, -0.25) is 19.7 Å². The van der Waals surface area contributed by atoms with Crippen molar-refractivity contribution in [3.63, 3.8) is 0 Å². The van der Waals surface area contributed by atoms with Crippen molar-refractivity contribution in [3.8, 4) is 0 Å². The summed E-state index contributed by atoms with van der Waals surface area (Å²) in [5.41, 5.74) is 1.43. The Bertz CT molecular complexity index is 720. The molecule has 1 aromatic carbocycles. The number of rotatable bonds is 4. The first kappa shape index (κ1) is 19.8. The Kier molecular flexibility index (Phi) is 6.68. The van der Waals surface area contributed by atoms with Gasteiger partial charge in [0.2, 0.25) is 5.91 Å². The van der Waals surface area contributed by atoms with Crippen LogP contribution in [0.4, 0.5) is 0 Å². The summed E-state index contributed by atoms with van der Waals surface area (Å²) in [5, 5.41) is 5.47.